The van der Waals surface area contributed by atoms with Gasteiger partial charge in [-0.3, -0.25) is 4.79 Å². The van der Waals surface area contributed by atoms with E-state index in [0.717, 1.165) is 5.56 Å². The number of rotatable bonds is 5. The number of aliphatic hydroxyl groups excluding tert-OH is 1. The lowest BCUT2D eigenvalue weighted by molar-refractivity contribution is 0.147. The normalized spacial score (nSPS) is 13.1. The molecule has 0 aliphatic rings. The third kappa shape index (κ3) is 4.16. The van der Waals surface area contributed by atoms with Crippen LogP contribution in [0.1, 0.15) is 19.4 Å². The fraction of sp³-hybridized carbons (Fsp3) is 0.583. The molecular weight excluding hydrogens is 204 g/mol. The molecule has 1 heterocycles. The first-order valence-electron chi connectivity index (χ1n) is 5.57. The summed E-state index contributed by atoms with van der Waals surface area (Å²) in [4.78, 5) is 11.5. The van der Waals surface area contributed by atoms with Crippen molar-refractivity contribution in [3.8, 4) is 0 Å². The molecule has 1 atom stereocenters. The minimum absolute atomic E-state index is 0.0661. The Bertz CT molecular complexity index is 385. The average molecular weight is 224 g/mol. The van der Waals surface area contributed by atoms with Gasteiger partial charge in [-0.05, 0) is 18.6 Å². The number of aliphatic hydroxyl groups is 1. The lowest BCUT2D eigenvalue weighted by Crippen LogP contribution is -2.36. The van der Waals surface area contributed by atoms with Crippen LogP contribution in [0.5, 0.6) is 0 Å². The molecule has 0 aliphatic heterocycles. The molecule has 4 nitrogen and oxygen atoms in total. The fourth-order valence-corrected chi connectivity index (χ4v) is 1.42. The Balaban J connectivity index is 2.56. The number of aromatic nitrogens is 1. The maximum Gasteiger partial charge on any atom is 0.250 e. The topological polar surface area (TPSA) is 54.3 Å². The quantitative estimate of drug-likeness (QED) is 0.766. The van der Waals surface area contributed by atoms with Gasteiger partial charge in [0.25, 0.3) is 5.56 Å². The van der Waals surface area contributed by atoms with E-state index in [1.54, 1.807) is 12.3 Å². The van der Waals surface area contributed by atoms with E-state index >= 15 is 0 Å². The van der Waals surface area contributed by atoms with Crippen LogP contribution in [0.4, 0.5) is 0 Å². The highest BCUT2D eigenvalue weighted by atomic mass is 16.3. The van der Waals surface area contributed by atoms with E-state index in [-0.39, 0.29) is 5.56 Å². The van der Waals surface area contributed by atoms with Crippen molar-refractivity contribution in [2.75, 3.05) is 6.54 Å². The fourth-order valence-electron chi connectivity index (χ4n) is 1.42. The molecule has 90 valence electrons. The van der Waals surface area contributed by atoms with E-state index < -0.39 is 6.10 Å². The molecule has 0 bridgehead atoms. The molecule has 1 rings (SSSR count). The van der Waals surface area contributed by atoms with Crippen molar-refractivity contribution in [3.63, 3.8) is 0 Å². The van der Waals surface area contributed by atoms with Crippen LogP contribution in [0, 0.1) is 6.92 Å². The molecular formula is C12H20N2O2. The van der Waals surface area contributed by atoms with E-state index in [0.29, 0.717) is 19.1 Å². The zero-order chi connectivity index (χ0) is 12.1. The molecule has 4 heteroatoms. The average Bonchev–Trinajstić information content (AvgIpc) is 2.19. The van der Waals surface area contributed by atoms with Gasteiger partial charge in [-0.1, -0.05) is 13.8 Å². The van der Waals surface area contributed by atoms with E-state index in [2.05, 4.69) is 5.32 Å². The molecule has 2 N–H and O–H groups in total. The summed E-state index contributed by atoms with van der Waals surface area (Å²) in [6.07, 6.45) is 1.18. The Labute approximate surface area is 95.9 Å². The van der Waals surface area contributed by atoms with Gasteiger partial charge < -0.3 is 15.0 Å². The summed E-state index contributed by atoms with van der Waals surface area (Å²) in [7, 11) is 0. The lowest BCUT2D eigenvalue weighted by atomic mass is 10.2. The number of hydrogen-bond donors (Lipinski definition) is 2. The second kappa shape index (κ2) is 5.82. The number of nitrogens with one attached hydrogen (secondary N) is 1. The number of aryl methyl sites for hydroxylation is 1. The smallest absolute Gasteiger partial charge is 0.250 e. The number of nitrogens with zero attached hydrogens (tertiary/aromatic N) is 1. The van der Waals surface area contributed by atoms with Crippen molar-refractivity contribution < 1.29 is 5.11 Å². The minimum atomic E-state index is -0.539. The van der Waals surface area contributed by atoms with Gasteiger partial charge in [0.1, 0.15) is 0 Å². The molecule has 0 radical (unpaired) electrons. The summed E-state index contributed by atoms with van der Waals surface area (Å²) in [5, 5.41) is 12.9. The van der Waals surface area contributed by atoms with Gasteiger partial charge in [0.15, 0.2) is 0 Å². The Morgan fingerprint density at radius 2 is 2.19 bits per heavy atom. The molecule has 1 unspecified atom stereocenters. The van der Waals surface area contributed by atoms with Crippen LogP contribution in [0.3, 0.4) is 0 Å². The maximum absolute atomic E-state index is 11.5. The molecule has 0 aromatic carbocycles. The van der Waals surface area contributed by atoms with E-state index in [1.165, 1.54) is 4.57 Å². The second-order valence-electron chi connectivity index (χ2n) is 4.41. The number of hydrogen-bond acceptors (Lipinski definition) is 3. The summed E-state index contributed by atoms with van der Waals surface area (Å²) in [6.45, 7) is 6.74. The van der Waals surface area contributed by atoms with Crippen LogP contribution in [0.2, 0.25) is 0 Å². The summed E-state index contributed by atoms with van der Waals surface area (Å²) < 4.78 is 1.53. The van der Waals surface area contributed by atoms with Crippen LogP contribution >= 0.6 is 0 Å². The third-order valence-electron chi connectivity index (χ3n) is 2.32. The standard InChI is InChI=1S/C12H20N2O2/c1-9(2)13-7-11(15)8-14-5-4-10(3)6-12(14)16/h4-6,9,11,13,15H,7-8H2,1-3H3. The number of pyridine rings is 1. The third-order valence-corrected chi connectivity index (χ3v) is 2.32. The molecule has 0 aliphatic carbocycles. The SMILES string of the molecule is Cc1ccn(CC(O)CNC(C)C)c(=O)c1. The van der Waals surface area contributed by atoms with Gasteiger partial charge in [-0.25, -0.2) is 0 Å². The van der Waals surface area contributed by atoms with Gasteiger partial charge >= 0.3 is 0 Å². The van der Waals surface area contributed by atoms with Gasteiger partial charge in [0, 0.05) is 24.8 Å². The van der Waals surface area contributed by atoms with E-state index in [9.17, 15) is 9.90 Å². The highest BCUT2D eigenvalue weighted by Gasteiger charge is 2.06. The minimum Gasteiger partial charge on any atom is -0.390 e. The van der Waals surface area contributed by atoms with E-state index in [4.69, 9.17) is 0 Å². The lowest BCUT2D eigenvalue weighted by Gasteiger charge is -2.15. The van der Waals surface area contributed by atoms with Gasteiger partial charge in [-0.2, -0.15) is 0 Å². The maximum atomic E-state index is 11.5. The first kappa shape index (κ1) is 12.9. The van der Waals surface area contributed by atoms with Crippen LogP contribution < -0.4 is 10.9 Å². The van der Waals surface area contributed by atoms with Crippen molar-refractivity contribution in [2.45, 2.75) is 39.5 Å². The van der Waals surface area contributed by atoms with E-state index in [1.807, 2.05) is 26.8 Å². The Kier molecular flexibility index (Phi) is 4.71. The highest BCUT2D eigenvalue weighted by Crippen LogP contribution is 1.93. The Morgan fingerprint density at radius 3 is 2.75 bits per heavy atom. The van der Waals surface area contributed by atoms with Crippen molar-refractivity contribution in [2.24, 2.45) is 0 Å². The monoisotopic (exact) mass is 224 g/mol. The summed E-state index contributed by atoms with van der Waals surface area (Å²) >= 11 is 0. The zero-order valence-corrected chi connectivity index (χ0v) is 10.1. The van der Waals surface area contributed by atoms with Crippen molar-refractivity contribution in [3.05, 3.63) is 34.2 Å². The molecule has 0 fully saturated rings. The van der Waals surface area contributed by atoms with Crippen LogP contribution in [-0.2, 0) is 6.54 Å². The first-order chi connectivity index (χ1) is 7.49. The highest BCUT2D eigenvalue weighted by molar-refractivity contribution is 5.08. The van der Waals surface area contributed by atoms with Crippen LogP contribution in [-0.4, -0.2) is 28.4 Å². The van der Waals surface area contributed by atoms with Gasteiger partial charge in [0.05, 0.1) is 12.6 Å². The predicted octanol–water partition coefficient (Wildman–Crippen LogP) is 0.516. The summed E-state index contributed by atoms with van der Waals surface area (Å²) in [6, 6.07) is 3.77. The van der Waals surface area contributed by atoms with Gasteiger partial charge in [-0.15, -0.1) is 0 Å². The Hall–Kier alpha value is -1.13. The Morgan fingerprint density at radius 1 is 1.50 bits per heavy atom. The predicted molar refractivity (Wildman–Crippen MR) is 64.6 cm³/mol. The molecule has 16 heavy (non-hydrogen) atoms. The van der Waals surface area contributed by atoms with Crippen molar-refractivity contribution in [1.82, 2.24) is 9.88 Å². The molecule has 0 amide bonds. The van der Waals surface area contributed by atoms with Gasteiger partial charge in [0.2, 0.25) is 0 Å². The largest absolute Gasteiger partial charge is 0.390 e. The molecule has 0 spiro atoms. The van der Waals surface area contributed by atoms with Crippen LogP contribution in [0.15, 0.2) is 23.1 Å². The second-order valence-corrected chi connectivity index (χ2v) is 4.41. The van der Waals surface area contributed by atoms with Crippen molar-refractivity contribution in [1.29, 1.82) is 0 Å². The first-order valence-corrected chi connectivity index (χ1v) is 5.57. The molecule has 0 saturated heterocycles. The van der Waals surface area contributed by atoms with Crippen molar-refractivity contribution >= 4 is 0 Å². The van der Waals surface area contributed by atoms with Crippen LogP contribution in [0.25, 0.3) is 0 Å². The zero-order valence-electron chi connectivity index (χ0n) is 10.1. The summed E-state index contributed by atoms with van der Waals surface area (Å²) in [5.41, 5.74) is 0.875. The summed E-state index contributed by atoms with van der Waals surface area (Å²) in [5.74, 6) is 0. The molecule has 0 saturated carbocycles. The molecule has 1 aromatic heterocycles. The molecule has 1 aromatic rings.